The second kappa shape index (κ2) is 6.20. The van der Waals surface area contributed by atoms with Crippen LogP contribution in [0.25, 0.3) is 5.82 Å². The Kier molecular flexibility index (Phi) is 4.01. The van der Waals surface area contributed by atoms with Gasteiger partial charge in [-0.15, -0.1) is 10.2 Å². The lowest BCUT2D eigenvalue weighted by Gasteiger charge is -2.42. The molecule has 1 amide bonds. The van der Waals surface area contributed by atoms with Crippen molar-refractivity contribution in [2.24, 2.45) is 0 Å². The van der Waals surface area contributed by atoms with Crippen LogP contribution in [0.4, 0.5) is 0 Å². The molecule has 0 spiro atoms. The van der Waals surface area contributed by atoms with E-state index in [4.69, 9.17) is 4.74 Å². The van der Waals surface area contributed by atoms with Gasteiger partial charge in [0.05, 0.1) is 23.3 Å². The fraction of sp³-hybridized carbons (Fsp3) is 0.529. The quantitative estimate of drug-likeness (QED) is 0.886. The molecule has 0 aromatic carbocycles. The van der Waals surface area contributed by atoms with Crippen LogP contribution < -0.4 is 0 Å². The summed E-state index contributed by atoms with van der Waals surface area (Å²) >= 11 is 0. The minimum Gasteiger partial charge on any atom is -0.393 e. The lowest BCUT2D eigenvalue weighted by molar-refractivity contribution is -0.0824. The Hall–Kier alpha value is -2.32. The third-order valence-corrected chi connectivity index (χ3v) is 5.50. The predicted molar refractivity (Wildman–Crippen MR) is 88.2 cm³/mol. The first-order valence-electron chi connectivity index (χ1n) is 8.48. The average molecular weight is 343 g/mol. The molecule has 3 atom stereocenters. The minimum absolute atomic E-state index is 0.0687. The van der Waals surface area contributed by atoms with Crippen LogP contribution in [0.5, 0.6) is 0 Å². The Morgan fingerprint density at radius 1 is 1.32 bits per heavy atom. The van der Waals surface area contributed by atoms with Crippen molar-refractivity contribution in [2.75, 3.05) is 13.7 Å². The lowest BCUT2D eigenvalue weighted by Crippen LogP contribution is -2.52. The van der Waals surface area contributed by atoms with Crippen LogP contribution in [0.3, 0.4) is 0 Å². The number of aromatic nitrogens is 4. The molecule has 4 rings (SSSR count). The number of ether oxygens (including phenoxy) is 1. The second-order valence-electron chi connectivity index (χ2n) is 6.74. The van der Waals surface area contributed by atoms with E-state index < -0.39 is 0 Å². The lowest BCUT2D eigenvalue weighted by atomic mass is 9.79. The van der Waals surface area contributed by atoms with Gasteiger partial charge in [0.15, 0.2) is 0 Å². The van der Waals surface area contributed by atoms with E-state index in [1.54, 1.807) is 42.7 Å². The van der Waals surface area contributed by atoms with E-state index in [-0.39, 0.29) is 23.7 Å². The molecule has 2 fully saturated rings. The van der Waals surface area contributed by atoms with Crippen LogP contribution in [0.1, 0.15) is 36.0 Å². The molecule has 25 heavy (non-hydrogen) atoms. The molecule has 8 heteroatoms. The molecule has 8 nitrogen and oxygen atoms in total. The van der Waals surface area contributed by atoms with Crippen LogP contribution in [0.15, 0.2) is 31.0 Å². The van der Waals surface area contributed by atoms with Gasteiger partial charge in [-0.2, -0.15) is 0 Å². The van der Waals surface area contributed by atoms with Crippen molar-refractivity contribution in [3.05, 3.63) is 36.5 Å². The van der Waals surface area contributed by atoms with Gasteiger partial charge in [0.1, 0.15) is 18.5 Å². The van der Waals surface area contributed by atoms with Crippen LogP contribution in [0.2, 0.25) is 0 Å². The molecule has 2 aromatic heterocycles. The van der Waals surface area contributed by atoms with Crippen molar-refractivity contribution in [3.8, 4) is 5.82 Å². The summed E-state index contributed by atoms with van der Waals surface area (Å²) < 4.78 is 7.48. The SMILES string of the molecule is CO[C@@]12CC[C@H](O)C[C@@H]1N(C(=O)c1ccc(-n3cnnc3)nc1)CC2. The first kappa shape index (κ1) is 16.2. The van der Waals surface area contributed by atoms with Gasteiger partial charge in [0.2, 0.25) is 0 Å². The average Bonchev–Trinajstić information content (AvgIpc) is 3.30. The van der Waals surface area contributed by atoms with Gasteiger partial charge in [-0.1, -0.05) is 0 Å². The van der Waals surface area contributed by atoms with Crippen LogP contribution in [0, 0.1) is 0 Å². The fourth-order valence-corrected chi connectivity index (χ4v) is 4.07. The highest BCUT2D eigenvalue weighted by atomic mass is 16.5. The topological polar surface area (TPSA) is 93.4 Å². The summed E-state index contributed by atoms with van der Waals surface area (Å²) in [5.41, 5.74) is 0.203. The number of amides is 1. The molecule has 0 bridgehead atoms. The highest BCUT2D eigenvalue weighted by Gasteiger charge is 2.52. The molecule has 3 heterocycles. The monoisotopic (exact) mass is 343 g/mol. The number of aliphatic hydroxyl groups excluding tert-OH is 1. The predicted octanol–water partition coefficient (Wildman–Crippen LogP) is 0.807. The molecule has 0 radical (unpaired) electrons. The molecule has 1 N–H and O–H groups in total. The van der Waals surface area contributed by atoms with Crippen molar-refractivity contribution >= 4 is 5.91 Å². The molecule has 0 unspecified atom stereocenters. The zero-order chi connectivity index (χ0) is 17.4. The molecule has 132 valence electrons. The standard InChI is InChI=1S/C17H21N5O3/c1-25-17-5-4-13(23)8-14(17)22(7-6-17)16(24)12-2-3-15(18-9-12)21-10-19-20-11-21/h2-3,9-11,13-14,23H,4-8H2,1H3/t13-,14-,17+/m0/s1. The Balaban J connectivity index is 1.56. The molecular weight excluding hydrogens is 322 g/mol. The van der Waals surface area contributed by atoms with E-state index in [0.29, 0.717) is 24.3 Å². The molecule has 1 aliphatic heterocycles. The van der Waals surface area contributed by atoms with E-state index in [2.05, 4.69) is 15.2 Å². The van der Waals surface area contributed by atoms with Crippen LogP contribution in [-0.2, 0) is 4.74 Å². The van der Waals surface area contributed by atoms with E-state index in [0.717, 1.165) is 19.3 Å². The number of fused-ring (bicyclic) bond motifs is 1. The molecule has 1 aliphatic carbocycles. The highest BCUT2D eigenvalue weighted by molar-refractivity contribution is 5.94. The third-order valence-electron chi connectivity index (χ3n) is 5.50. The number of methoxy groups -OCH3 is 1. The first-order valence-corrected chi connectivity index (χ1v) is 8.48. The summed E-state index contributed by atoms with van der Waals surface area (Å²) in [5, 5.41) is 17.6. The largest absolute Gasteiger partial charge is 0.393 e. The van der Waals surface area contributed by atoms with Gasteiger partial charge in [0.25, 0.3) is 5.91 Å². The Morgan fingerprint density at radius 3 is 2.80 bits per heavy atom. The number of likely N-dealkylation sites (tertiary alicyclic amines) is 1. The highest BCUT2D eigenvalue weighted by Crippen LogP contribution is 2.42. The Labute approximate surface area is 145 Å². The Morgan fingerprint density at radius 2 is 2.12 bits per heavy atom. The van der Waals surface area contributed by atoms with Crippen LogP contribution >= 0.6 is 0 Å². The number of aliphatic hydroxyl groups is 1. The zero-order valence-electron chi connectivity index (χ0n) is 14.1. The number of pyridine rings is 1. The van der Waals surface area contributed by atoms with E-state index in [9.17, 15) is 9.90 Å². The number of carbonyl (C=O) groups excluding carboxylic acids is 1. The van der Waals surface area contributed by atoms with Crippen molar-refractivity contribution in [2.45, 2.75) is 43.4 Å². The van der Waals surface area contributed by atoms with Crippen LogP contribution in [-0.4, -0.2) is 67.1 Å². The smallest absolute Gasteiger partial charge is 0.255 e. The number of nitrogens with zero attached hydrogens (tertiary/aromatic N) is 5. The van der Waals surface area contributed by atoms with E-state index >= 15 is 0 Å². The third kappa shape index (κ3) is 2.71. The maximum atomic E-state index is 13.0. The summed E-state index contributed by atoms with van der Waals surface area (Å²) in [6, 6.07) is 3.44. The van der Waals surface area contributed by atoms with Crippen molar-refractivity contribution in [3.63, 3.8) is 0 Å². The number of hydrogen-bond acceptors (Lipinski definition) is 6. The molecule has 2 aromatic rings. The maximum absolute atomic E-state index is 13.0. The van der Waals surface area contributed by atoms with E-state index in [1.165, 1.54) is 0 Å². The molecule has 1 saturated carbocycles. The second-order valence-corrected chi connectivity index (χ2v) is 6.74. The maximum Gasteiger partial charge on any atom is 0.255 e. The zero-order valence-corrected chi connectivity index (χ0v) is 14.1. The first-order chi connectivity index (χ1) is 12.1. The number of rotatable bonds is 3. The molecular formula is C17H21N5O3. The summed E-state index contributed by atoms with van der Waals surface area (Å²) in [4.78, 5) is 19.1. The minimum atomic E-state index is -0.379. The van der Waals surface area contributed by atoms with E-state index in [1.807, 2.05) is 4.90 Å². The van der Waals surface area contributed by atoms with Gasteiger partial charge >= 0.3 is 0 Å². The molecule has 2 aliphatic rings. The Bertz CT molecular complexity index is 748. The number of hydrogen-bond donors (Lipinski definition) is 1. The summed E-state index contributed by atoms with van der Waals surface area (Å²) in [6.45, 7) is 0.636. The normalized spacial score (nSPS) is 28.8. The number of carbonyl (C=O) groups is 1. The molecule has 1 saturated heterocycles. The van der Waals surface area contributed by atoms with Gasteiger partial charge in [-0.3, -0.25) is 9.36 Å². The summed E-state index contributed by atoms with van der Waals surface area (Å²) in [7, 11) is 1.70. The fourth-order valence-electron chi connectivity index (χ4n) is 4.07. The van der Waals surface area contributed by atoms with Crippen molar-refractivity contribution in [1.29, 1.82) is 0 Å². The van der Waals surface area contributed by atoms with Gasteiger partial charge in [0, 0.05) is 19.9 Å². The van der Waals surface area contributed by atoms with Crippen molar-refractivity contribution < 1.29 is 14.6 Å². The summed E-state index contributed by atoms with van der Waals surface area (Å²) in [5.74, 6) is 0.586. The van der Waals surface area contributed by atoms with Gasteiger partial charge in [-0.25, -0.2) is 4.98 Å². The summed E-state index contributed by atoms with van der Waals surface area (Å²) in [6.07, 6.45) is 7.18. The van der Waals surface area contributed by atoms with Gasteiger partial charge < -0.3 is 14.7 Å². The van der Waals surface area contributed by atoms with Crippen molar-refractivity contribution in [1.82, 2.24) is 24.6 Å². The van der Waals surface area contributed by atoms with Gasteiger partial charge in [-0.05, 0) is 37.8 Å².